The molecule has 316 valence electrons. The number of hydrazone groups is 2. The summed E-state index contributed by atoms with van der Waals surface area (Å²) in [5.74, 6) is 2.62. The molecule has 2 atom stereocenters. The quantitative estimate of drug-likeness (QED) is 0.246. The van der Waals surface area contributed by atoms with Gasteiger partial charge in [-0.15, -0.1) is 12.4 Å². The number of benzene rings is 2. The van der Waals surface area contributed by atoms with Gasteiger partial charge < -0.3 is 43.5 Å². The van der Waals surface area contributed by atoms with Crippen molar-refractivity contribution in [1.82, 2.24) is 20.3 Å². The smallest absolute Gasteiger partial charge is 0.410 e. The lowest BCUT2D eigenvalue weighted by Gasteiger charge is -2.49. The van der Waals surface area contributed by atoms with Gasteiger partial charge >= 0.3 is 6.09 Å². The first-order valence-electron chi connectivity index (χ1n) is 20.0. The van der Waals surface area contributed by atoms with Crippen molar-refractivity contribution < 1.29 is 33.3 Å². The van der Waals surface area contributed by atoms with Crippen LogP contribution in [0, 0.1) is 0 Å². The van der Waals surface area contributed by atoms with Crippen LogP contribution in [0.3, 0.4) is 0 Å². The highest BCUT2D eigenvalue weighted by Crippen LogP contribution is 2.45. The fraction of sp³-hybridized carbons (Fsp3) is 0.500. The third-order valence-electron chi connectivity index (χ3n) is 11.5. The third-order valence-corrected chi connectivity index (χ3v) is 11.5. The summed E-state index contributed by atoms with van der Waals surface area (Å²) >= 11 is 0. The molecule has 6 heterocycles. The molecule has 0 radical (unpaired) electrons. The van der Waals surface area contributed by atoms with Crippen LogP contribution in [-0.4, -0.2) is 95.2 Å². The second-order valence-corrected chi connectivity index (χ2v) is 17.3. The van der Waals surface area contributed by atoms with Gasteiger partial charge in [-0.2, -0.15) is 10.2 Å². The molecule has 2 fully saturated rings. The minimum absolute atomic E-state index is 0. The van der Waals surface area contributed by atoms with Crippen LogP contribution in [0.25, 0.3) is 17.0 Å². The van der Waals surface area contributed by atoms with E-state index in [0.717, 1.165) is 34.2 Å². The molecular formula is C42H54ClN9O7. The summed E-state index contributed by atoms with van der Waals surface area (Å²) in [5, 5.41) is 13.1. The van der Waals surface area contributed by atoms with Gasteiger partial charge in [0.25, 0.3) is 11.8 Å². The Morgan fingerprint density at radius 1 is 0.949 bits per heavy atom. The van der Waals surface area contributed by atoms with Gasteiger partial charge in [-0.25, -0.2) is 15.6 Å². The zero-order chi connectivity index (χ0) is 41.1. The summed E-state index contributed by atoms with van der Waals surface area (Å²) in [6, 6.07) is 9.56. The molecule has 6 aliphatic rings. The fourth-order valence-corrected chi connectivity index (χ4v) is 8.26. The van der Waals surface area contributed by atoms with Crippen molar-refractivity contribution in [3.63, 3.8) is 0 Å². The Balaban J connectivity index is 0.000000185. The highest BCUT2D eigenvalue weighted by atomic mass is 35.5. The summed E-state index contributed by atoms with van der Waals surface area (Å²) in [6.07, 6.45) is 9.07. The summed E-state index contributed by atoms with van der Waals surface area (Å²) in [4.78, 5) is 42.3. The Labute approximate surface area is 350 Å². The van der Waals surface area contributed by atoms with E-state index in [1.165, 1.54) is 30.2 Å². The van der Waals surface area contributed by atoms with E-state index in [9.17, 15) is 14.4 Å². The molecule has 0 unspecified atom stereocenters. The highest BCUT2D eigenvalue weighted by molar-refractivity contribution is 6.11. The van der Waals surface area contributed by atoms with Crippen LogP contribution >= 0.6 is 12.4 Å². The van der Waals surface area contributed by atoms with Gasteiger partial charge in [-0.3, -0.25) is 9.59 Å². The van der Waals surface area contributed by atoms with E-state index in [4.69, 9.17) is 18.9 Å². The number of carbonyl (C=O) groups is 3. The summed E-state index contributed by atoms with van der Waals surface area (Å²) in [6.45, 7) is 17.8. The highest BCUT2D eigenvalue weighted by Gasteiger charge is 2.44. The van der Waals surface area contributed by atoms with E-state index in [0.29, 0.717) is 37.9 Å². The largest absolute Gasteiger partial charge is 0.501 e. The van der Waals surface area contributed by atoms with E-state index in [-0.39, 0.29) is 54.0 Å². The number of hydrogen-bond donors (Lipinski definition) is 3. The van der Waals surface area contributed by atoms with Gasteiger partial charge in [0.2, 0.25) is 0 Å². The Morgan fingerprint density at radius 2 is 1.54 bits per heavy atom. The van der Waals surface area contributed by atoms with E-state index >= 15 is 0 Å². The molecule has 16 nitrogen and oxygen atoms in total. The van der Waals surface area contributed by atoms with Gasteiger partial charge in [0, 0.05) is 41.5 Å². The number of aromatic nitrogens is 1. The number of fused-ring (bicyclic) bond motifs is 7. The van der Waals surface area contributed by atoms with Gasteiger partial charge in [-0.1, -0.05) is 0 Å². The first kappa shape index (κ1) is 41.5. The SMILES string of the molecule is CCO/C=C/c1cc2c(cc1NC1(C)CN(C(=O)OC(C)(C)C)C1)N1C(=NNC(=O)[C@H]1C)CO2.C[C@@H]1C(=O)NN=C2COc3cc4ccn(C5(C)CCC5)c4cc3N21.Cl. The number of amidine groups is 2. The maximum absolute atomic E-state index is 12.4. The normalized spacial score (nSPS) is 22.0. The minimum Gasteiger partial charge on any atom is -0.501 e. The third kappa shape index (κ3) is 7.81. The number of halogens is 1. The fourth-order valence-electron chi connectivity index (χ4n) is 8.26. The van der Waals surface area contributed by atoms with Crippen LogP contribution in [0.4, 0.5) is 21.9 Å². The number of anilines is 3. The van der Waals surface area contributed by atoms with Gasteiger partial charge in [-0.05, 0) is 111 Å². The lowest BCUT2D eigenvalue weighted by Crippen LogP contribution is -2.66. The zero-order valence-corrected chi connectivity index (χ0v) is 35.7. The predicted molar refractivity (Wildman–Crippen MR) is 230 cm³/mol. The molecule has 1 saturated carbocycles. The molecule has 1 aliphatic carbocycles. The second-order valence-electron chi connectivity index (χ2n) is 17.3. The molecule has 3 amide bonds. The number of nitrogens with zero attached hydrogens (tertiary/aromatic N) is 6. The van der Waals surface area contributed by atoms with Crippen molar-refractivity contribution >= 4 is 76.0 Å². The summed E-state index contributed by atoms with van der Waals surface area (Å²) in [7, 11) is 0. The first-order valence-corrected chi connectivity index (χ1v) is 20.0. The maximum Gasteiger partial charge on any atom is 0.410 e. The molecule has 1 saturated heterocycles. The molecule has 0 bridgehead atoms. The minimum atomic E-state index is -0.539. The molecule has 2 aromatic carbocycles. The van der Waals surface area contributed by atoms with Crippen LogP contribution in [0.2, 0.25) is 0 Å². The first-order chi connectivity index (χ1) is 27.6. The van der Waals surface area contributed by atoms with Crippen molar-refractivity contribution in [2.75, 3.05) is 48.0 Å². The van der Waals surface area contributed by atoms with E-state index in [2.05, 4.69) is 69.2 Å². The molecule has 0 spiro atoms. The number of rotatable bonds is 6. The van der Waals surface area contributed by atoms with Gasteiger partial charge in [0.05, 0.1) is 35.3 Å². The molecule has 9 rings (SSSR count). The summed E-state index contributed by atoms with van der Waals surface area (Å²) < 4.78 is 25.1. The monoisotopic (exact) mass is 831 g/mol. The van der Waals surface area contributed by atoms with Crippen molar-refractivity contribution in [3.8, 4) is 11.5 Å². The van der Waals surface area contributed by atoms with E-state index in [1.807, 2.05) is 69.6 Å². The lowest BCUT2D eigenvalue weighted by atomic mass is 9.78. The van der Waals surface area contributed by atoms with Crippen molar-refractivity contribution in [2.45, 2.75) is 103 Å². The number of ether oxygens (including phenoxy) is 4. The Morgan fingerprint density at radius 3 is 2.10 bits per heavy atom. The van der Waals surface area contributed by atoms with Crippen molar-refractivity contribution in [1.29, 1.82) is 0 Å². The van der Waals surface area contributed by atoms with Crippen LogP contribution in [0.5, 0.6) is 11.5 Å². The number of nitrogens with one attached hydrogen (secondary N) is 3. The maximum atomic E-state index is 12.4. The summed E-state index contributed by atoms with van der Waals surface area (Å²) in [5.41, 5.74) is 9.02. The Kier molecular flexibility index (Phi) is 10.9. The Bertz CT molecular complexity index is 2250. The Hall–Kier alpha value is -5.64. The van der Waals surface area contributed by atoms with Crippen LogP contribution in [0.15, 0.2) is 53.0 Å². The lowest BCUT2D eigenvalue weighted by molar-refractivity contribution is -0.123. The molecule has 5 aliphatic heterocycles. The molecule has 17 heteroatoms. The molecular weight excluding hydrogens is 778 g/mol. The van der Waals surface area contributed by atoms with Gasteiger partial charge in [0.15, 0.2) is 11.7 Å². The zero-order valence-electron chi connectivity index (χ0n) is 34.9. The van der Waals surface area contributed by atoms with Crippen LogP contribution in [-0.2, 0) is 24.6 Å². The standard InChI is InChI=1S/C24H33N5O5.C18H20N4O2.ClH/c1-7-32-9-8-16-10-19-18(29-15(2)21(30)27-26-20(29)12-33-19)11-17(16)25-24(6)13-28(14-24)22(31)34-23(3,4)5;1-11-17(23)20-19-16-10-24-15-8-12-4-7-21(18(2)5-3-6-18)13(12)9-14(15)22(11)16;/h8-11,15,25H,7,12-14H2,1-6H3,(H,27,30);4,7-9,11H,3,5-6,10H2,1-2H3,(H,20,23);1H/b9-8+;;/t15-;11-;/m11./s1. The van der Waals surface area contributed by atoms with Gasteiger partial charge in [0.1, 0.15) is 42.4 Å². The van der Waals surface area contributed by atoms with E-state index < -0.39 is 11.6 Å². The molecule has 3 N–H and O–H groups in total. The molecule has 3 aromatic rings. The second kappa shape index (κ2) is 15.5. The predicted octanol–water partition coefficient (Wildman–Crippen LogP) is 6.14. The number of hydrogen-bond acceptors (Lipinski definition) is 12. The number of likely N-dealkylation sites (tertiary alicyclic amines) is 1. The van der Waals surface area contributed by atoms with Crippen molar-refractivity contribution in [3.05, 3.63) is 48.4 Å². The molecule has 1 aromatic heterocycles. The van der Waals surface area contributed by atoms with Crippen molar-refractivity contribution in [2.24, 2.45) is 10.2 Å². The average molecular weight is 832 g/mol. The van der Waals surface area contributed by atoms with Crippen LogP contribution in [0.1, 0.15) is 80.2 Å². The molecule has 59 heavy (non-hydrogen) atoms. The number of carbonyl (C=O) groups excluding carboxylic acids is 3. The van der Waals surface area contributed by atoms with Crippen LogP contribution < -0.4 is 35.4 Å². The van der Waals surface area contributed by atoms with E-state index in [1.54, 1.807) is 11.2 Å². The topological polar surface area (TPSA) is 164 Å². The number of amides is 3. The average Bonchev–Trinajstić information content (AvgIpc) is 3.57.